The summed E-state index contributed by atoms with van der Waals surface area (Å²) in [6.45, 7) is 8.04. The molecule has 59 heavy (non-hydrogen) atoms. The van der Waals surface area contributed by atoms with Crippen LogP contribution in [0.2, 0.25) is 0 Å². The van der Waals surface area contributed by atoms with Crippen LogP contribution in [0.15, 0.2) is 161 Å². The fourth-order valence-electron chi connectivity index (χ4n) is 6.82. The number of ketones is 1. The number of nitrogens with zero attached hydrogens (tertiary/aromatic N) is 2. The van der Waals surface area contributed by atoms with Gasteiger partial charge in [0.1, 0.15) is 16.7 Å². The van der Waals surface area contributed by atoms with E-state index in [2.05, 4.69) is 51.2 Å². The fourth-order valence-corrected chi connectivity index (χ4v) is 7.92. The molecule has 13 heteroatoms. The van der Waals surface area contributed by atoms with Gasteiger partial charge in [-0.05, 0) is 127 Å². The number of nitrogens with one attached hydrogen (secondary N) is 1. The van der Waals surface area contributed by atoms with Crippen LogP contribution in [0.4, 0.5) is 17.1 Å². The number of benzene rings is 5. The zero-order valence-corrected chi connectivity index (χ0v) is 37.1. The van der Waals surface area contributed by atoms with Crippen LogP contribution in [0.3, 0.4) is 0 Å². The van der Waals surface area contributed by atoms with Crippen molar-refractivity contribution >= 4 is 54.4 Å². The van der Waals surface area contributed by atoms with E-state index < -0.39 is 20.2 Å². The SMILES string of the molecule is CCC(=O)c1ccc(Nc2ccc(C(=C3C=CC(=[N+](CC)Cc4cccc(S(=O)(=O)O)c4)C=C3)c3ccc(N(CC)Cc4cccc(S(=O)(=O)[O-])c4)cc3)cc2)cc1.[Na+]. The van der Waals surface area contributed by atoms with E-state index >= 15 is 0 Å². The van der Waals surface area contributed by atoms with E-state index in [1.54, 1.807) is 18.2 Å². The normalized spacial score (nSPS) is 12.5. The zero-order chi connectivity index (χ0) is 41.5. The Kier molecular flexibility index (Phi) is 15.2. The number of hydrogen-bond donors (Lipinski definition) is 2. The van der Waals surface area contributed by atoms with Gasteiger partial charge in [0, 0.05) is 59.9 Å². The maximum Gasteiger partial charge on any atom is 1.00 e. The third-order valence-electron chi connectivity index (χ3n) is 9.93. The number of hydrogen-bond acceptors (Lipinski definition) is 8. The molecule has 0 aliphatic heterocycles. The van der Waals surface area contributed by atoms with Crippen molar-refractivity contribution in [2.24, 2.45) is 0 Å². The summed E-state index contributed by atoms with van der Waals surface area (Å²) in [6.07, 6.45) is 8.66. The Hall–Kier alpha value is -4.92. The summed E-state index contributed by atoms with van der Waals surface area (Å²) < 4.78 is 70.2. The van der Waals surface area contributed by atoms with Crippen LogP contribution in [-0.4, -0.2) is 55.1 Å². The van der Waals surface area contributed by atoms with Gasteiger partial charge in [0.2, 0.25) is 0 Å². The number of carbonyl (C=O) groups excluding carboxylic acids is 1. The van der Waals surface area contributed by atoms with Gasteiger partial charge in [-0.1, -0.05) is 55.5 Å². The Bertz CT molecular complexity index is 2640. The second-order valence-electron chi connectivity index (χ2n) is 13.8. The maximum atomic E-state index is 12.1. The Labute approximate surface area is 369 Å². The van der Waals surface area contributed by atoms with E-state index in [0.717, 1.165) is 50.6 Å². The van der Waals surface area contributed by atoms with Gasteiger partial charge < -0.3 is 14.8 Å². The molecule has 6 rings (SSSR count). The molecule has 0 unspecified atom stereocenters. The van der Waals surface area contributed by atoms with Crippen LogP contribution >= 0.6 is 0 Å². The molecule has 0 spiro atoms. The summed E-state index contributed by atoms with van der Waals surface area (Å²) in [6, 6.07) is 36.2. The molecule has 0 aromatic heterocycles. The second kappa shape index (κ2) is 19.9. The summed E-state index contributed by atoms with van der Waals surface area (Å²) in [4.78, 5) is 13.8. The minimum Gasteiger partial charge on any atom is -0.744 e. The molecular formula is C46H45N3NaO7S2+. The van der Waals surface area contributed by atoms with Gasteiger partial charge in [0.25, 0.3) is 10.1 Å². The van der Waals surface area contributed by atoms with Gasteiger partial charge in [-0.2, -0.15) is 8.42 Å². The zero-order valence-electron chi connectivity index (χ0n) is 33.5. The largest absolute Gasteiger partial charge is 1.00 e. The van der Waals surface area contributed by atoms with Crippen molar-refractivity contribution in [2.45, 2.75) is 50.1 Å². The van der Waals surface area contributed by atoms with Crippen molar-refractivity contribution in [2.75, 3.05) is 23.3 Å². The van der Waals surface area contributed by atoms with Crippen LogP contribution in [-0.2, 0) is 33.3 Å². The molecule has 5 aromatic carbocycles. The minimum absolute atomic E-state index is 0. The number of Topliss-reactive ketones (excluding diaryl/α,β-unsaturated/α-hetero) is 1. The first-order chi connectivity index (χ1) is 27.7. The van der Waals surface area contributed by atoms with Crippen molar-refractivity contribution < 1.29 is 64.9 Å². The van der Waals surface area contributed by atoms with E-state index in [4.69, 9.17) is 0 Å². The topological polar surface area (TPSA) is 147 Å². The number of allylic oxidation sites excluding steroid dienone is 5. The Morgan fingerprint density at radius 2 is 1.22 bits per heavy atom. The molecule has 298 valence electrons. The Morgan fingerprint density at radius 3 is 1.75 bits per heavy atom. The summed E-state index contributed by atoms with van der Waals surface area (Å²) in [5.41, 5.74) is 9.67. The molecule has 2 N–H and O–H groups in total. The predicted octanol–water partition coefficient (Wildman–Crippen LogP) is 5.81. The predicted molar refractivity (Wildman–Crippen MR) is 228 cm³/mol. The quantitative estimate of drug-likeness (QED) is 0.0578. The van der Waals surface area contributed by atoms with Gasteiger partial charge in [-0.25, -0.2) is 13.0 Å². The minimum atomic E-state index is -4.57. The molecule has 0 saturated carbocycles. The monoisotopic (exact) mass is 838 g/mol. The second-order valence-corrected chi connectivity index (χ2v) is 16.6. The molecule has 5 aromatic rings. The molecule has 1 aliphatic rings. The summed E-state index contributed by atoms with van der Waals surface area (Å²) in [5.74, 6) is 0.0959. The van der Waals surface area contributed by atoms with Gasteiger partial charge in [-0.15, -0.1) is 0 Å². The van der Waals surface area contributed by atoms with E-state index in [1.807, 2.05) is 87.5 Å². The van der Waals surface area contributed by atoms with Crippen molar-refractivity contribution in [3.8, 4) is 0 Å². The van der Waals surface area contributed by atoms with Crippen LogP contribution in [0.1, 0.15) is 59.8 Å². The number of carbonyl (C=O) groups is 1. The van der Waals surface area contributed by atoms with Gasteiger partial charge in [-0.3, -0.25) is 9.35 Å². The molecule has 1 aliphatic carbocycles. The molecule has 0 bridgehead atoms. The van der Waals surface area contributed by atoms with Crippen LogP contribution < -0.4 is 39.8 Å². The first-order valence-corrected chi connectivity index (χ1v) is 21.8. The maximum absolute atomic E-state index is 12.1. The Morgan fingerprint density at radius 1 is 0.695 bits per heavy atom. The van der Waals surface area contributed by atoms with Gasteiger partial charge >= 0.3 is 29.6 Å². The van der Waals surface area contributed by atoms with Gasteiger partial charge in [0.15, 0.2) is 18.0 Å². The molecule has 0 radical (unpaired) electrons. The fraction of sp³-hybridized carbons (Fsp3) is 0.174. The smallest absolute Gasteiger partial charge is 0.744 e. The third-order valence-corrected chi connectivity index (χ3v) is 11.6. The molecule has 0 saturated heterocycles. The molecule has 0 heterocycles. The van der Waals surface area contributed by atoms with E-state index in [-0.39, 0.29) is 45.1 Å². The van der Waals surface area contributed by atoms with E-state index in [1.165, 1.54) is 24.3 Å². The van der Waals surface area contributed by atoms with Gasteiger partial charge in [0.05, 0.1) is 9.79 Å². The standard InChI is InChI=1S/C46H45N3O7S2.Na/c1-4-45(50)35-13-21-39(22-14-35)47-40-23-15-36(16-24-40)46(37-17-25-41(26-18-37)48(5-2)31-33-9-7-11-43(29-33)57(51,52)53)38-19-27-42(28-20-38)49(6-3)32-34-10-8-12-44(30-34)58(54,55)56;/h7-30H,4-6,31-32H2,1-3H3,(H2,51,52,53,54,55,56);/q;+1. The van der Waals surface area contributed by atoms with E-state index in [0.29, 0.717) is 43.7 Å². The van der Waals surface area contributed by atoms with Crippen molar-refractivity contribution in [1.82, 2.24) is 0 Å². The molecule has 0 atom stereocenters. The Balaban J connectivity index is 0.00000661. The average Bonchev–Trinajstić information content (AvgIpc) is 3.23. The first-order valence-electron chi connectivity index (χ1n) is 19.0. The number of rotatable bonds is 15. The average molecular weight is 839 g/mol. The summed E-state index contributed by atoms with van der Waals surface area (Å²) >= 11 is 0. The van der Waals surface area contributed by atoms with E-state index in [9.17, 15) is 30.7 Å². The van der Waals surface area contributed by atoms with Crippen LogP contribution in [0.5, 0.6) is 0 Å². The molecule has 0 fully saturated rings. The molecule has 0 amide bonds. The molecular weight excluding hydrogens is 794 g/mol. The molecule has 10 nitrogen and oxygen atoms in total. The summed E-state index contributed by atoms with van der Waals surface area (Å²) in [7, 11) is -8.90. The van der Waals surface area contributed by atoms with Crippen molar-refractivity contribution in [3.63, 3.8) is 0 Å². The van der Waals surface area contributed by atoms with Crippen molar-refractivity contribution in [3.05, 3.63) is 179 Å². The van der Waals surface area contributed by atoms with Crippen LogP contribution in [0, 0.1) is 0 Å². The van der Waals surface area contributed by atoms with Crippen LogP contribution in [0.25, 0.3) is 5.57 Å². The number of anilines is 3. The summed E-state index contributed by atoms with van der Waals surface area (Å²) in [5, 5.41) is 3.42. The first kappa shape index (κ1) is 45.2. The third kappa shape index (κ3) is 11.6. The van der Waals surface area contributed by atoms with Crippen molar-refractivity contribution in [1.29, 1.82) is 0 Å².